The molecule has 116 valence electrons. The van der Waals surface area contributed by atoms with Crippen LogP contribution in [0.5, 0.6) is 0 Å². The molecule has 0 N–H and O–H groups in total. The van der Waals surface area contributed by atoms with E-state index in [2.05, 4.69) is 0 Å². The molecule has 0 saturated heterocycles. The van der Waals surface area contributed by atoms with Crippen molar-refractivity contribution in [3.63, 3.8) is 0 Å². The van der Waals surface area contributed by atoms with E-state index in [-0.39, 0.29) is 12.5 Å². The molecule has 0 atom stereocenters. The van der Waals surface area contributed by atoms with E-state index in [9.17, 15) is 9.59 Å². The average Bonchev–Trinajstić information content (AvgIpc) is 3.09. The smallest absolute Gasteiger partial charge is 0.342 e. The third kappa shape index (κ3) is 2.92. The minimum atomic E-state index is -0.518. The molecule has 0 spiro atoms. The monoisotopic (exact) mass is 319 g/mol. The van der Waals surface area contributed by atoms with Crippen molar-refractivity contribution in [1.29, 1.82) is 0 Å². The van der Waals surface area contributed by atoms with Crippen LogP contribution in [-0.2, 0) is 22.5 Å². The molecule has 5 nitrogen and oxygen atoms in total. The number of carbonyl (C=O) groups excluding carboxylic acids is 2. The van der Waals surface area contributed by atoms with Gasteiger partial charge in [0.2, 0.25) is 0 Å². The van der Waals surface area contributed by atoms with Gasteiger partial charge < -0.3 is 14.1 Å². The van der Waals surface area contributed by atoms with E-state index in [1.54, 1.807) is 36.2 Å². The van der Waals surface area contributed by atoms with Gasteiger partial charge in [0, 0.05) is 18.0 Å². The summed E-state index contributed by atoms with van der Waals surface area (Å²) in [7, 11) is 0. The van der Waals surface area contributed by atoms with Gasteiger partial charge in [0.15, 0.2) is 6.61 Å². The Bertz CT molecular complexity index is 716. The lowest BCUT2D eigenvalue weighted by molar-refractivity contribution is -0.135. The van der Waals surface area contributed by atoms with Crippen LogP contribution in [-0.4, -0.2) is 29.9 Å². The number of aryl methyl sites for hydroxylation is 2. The maximum Gasteiger partial charge on any atom is 0.342 e. The molecule has 0 fully saturated rings. The topological polar surface area (TPSA) is 59.8 Å². The molecule has 3 heterocycles. The lowest BCUT2D eigenvalue weighted by Crippen LogP contribution is -2.38. The Labute approximate surface area is 132 Å². The molecule has 0 unspecified atom stereocenters. The second-order valence-corrected chi connectivity index (χ2v) is 6.34. The fourth-order valence-corrected chi connectivity index (χ4v) is 3.48. The van der Waals surface area contributed by atoms with Gasteiger partial charge in [-0.3, -0.25) is 4.79 Å². The van der Waals surface area contributed by atoms with Gasteiger partial charge in [-0.2, -0.15) is 0 Å². The van der Waals surface area contributed by atoms with Crippen molar-refractivity contribution in [2.24, 2.45) is 0 Å². The number of carbonyl (C=O) groups is 2. The first-order valence-electron chi connectivity index (χ1n) is 7.12. The van der Waals surface area contributed by atoms with Gasteiger partial charge in [0.25, 0.3) is 5.91 Å². The Balaban J connectivity index is 1.57. The molecule has 0 saturated carbocycles. The third-order valence-electron chi connectivity index (χ3n) is 3.75. The van der Waals surface area contributed by atoms with Crippen molar-refractivity contribution in [2.75, 3.05) is 13.2 Å². The zero-order valence-electron chi connectivity index (χ0n) is 12.5. The Morgan fingerprint density at radius 3 is 2.95 bits per heavy atom. The van der Waals surface area contributed by atoms with E-state index in [1.807, 2.05) is 11.4 Å². The van der Waals surface area contributed by atoms with Crippen LogP contribution in [0.4, 0.5) is 0 Å². The fourth-order valence-electron chi connectivity index (χ4n) is 2.59. The summed E-state index contributed by atoms with van der Waals surface area (Å²) in [6.07, 6.45) is 0.868. The molecule has 2 aromatic rings. The molecule has 3 rings (SSSR count). The first kappa shape index (κ1) is 14.8. The Morgan fingerprint density at radius 1 is 1.41 bits per heavy atom. The van der Waals surface area contributed by atoms with Gasteiger partial charge >= 0.3 is 5.97 Å². The molecule has 2 aromatic heterocycles. The molecule has 0 aliphatic carbocycles. The van der Waals surface area contributed by atoms with Crippen LogP contribution in [0.25, 0.3) is 0 Å². The lowest BCUT2D eigenvalue weighted by atomic mass is 10.1. The van der Waals surface area contributed by atoms with Crippen molar-refractivity contribution in [3.05, 3.63) is 45.0 Å². The van der Waals surface area contributed by atoms with E-state index in [0.717, 1.165) is 6.42 Å². The quantitative estimate of drug-likeness (QED) is 0.816. The number of amides is 1. The highest BCUT2D eigenvalue weighted by Crippen LogP contribution is 2.24. The van der Waals surface area contributed by atoms with Gasteiger partial charge in [-0.05, 0) is 43.3 Å². The van der Waals surface area contributed by atoms with Crippen LogP contribution in [0.1, 0.15) is 32.3 Å². The second-order valence-electron chi connectivity index (χ2n) is 5.34. The summed E-state index contributed by atoms with van der Waals surface area (Å²) in [5, 5.41) is 2.04. The Kier molecular flexibility index (Phi) is 4.02. The van der Waals surface area contributed by atoms with Gasteiger partial charge in [0.05, 0.1) is 0 Å². The molecule has 1 amide bonds. The van der Waals surface area contributed by atoms with Crippen LogP contribution in [0.15, 0.2) is 21.9 Å². The minimum absolute atomic E-state index is 0.164. The number of rotatable bonds is 3. The van der Waals surface area contributed by atoms with Crippen LogP contribution in [0.3, 0.4) is 0 Å². The van der Waals surface area contributed by atoms with Gasteiger partial charge in [-0.1, -0.05) is 0 Å². The van der Waals surface area contributed by atoms with Gasteiger partial charge in [0.1, 0.15) is 17.1 Å². The van der Waals surface area contributed by atoms with Crippen LogP contribution >= 0.6 is 11.3 Å². The standard InChI is InChI=1S/C16H17NO4S/c1-10-7-13(11(2)21-10)16(19)20-9-15(18)17-5-3-14-12(8-17)4-6-22-14/h4,6-7H,3,5,8-9H2,1-2H3. The fraction of sp³-hybridized carbons (Fsp3) is 0.375. The number of esters is 1. The maximum atomic E-state index is 12.2. The number of fused-ring (bicyclic) bond motifs is 1. The minimum Gasteiger partial charge on any atom is -0.466 e. The predicted molar refractivity (Wildman–Crippen MR) is 81.9 cm³/mol. The number of hydrogen-bond acceptors (Lipinski definition) is 5. The molecule has 1 aliphatic heterocycles. The normalized spacial score (nSPS) is 13.8. The molecule has 6 heteroatoms. The second kappa shape index (κ2) is 5.96. The molecular formula is C16H17NO4S. The van der Waals surface area contributed by atoms with Crippen molar-refractivity contribution >= 4 is 23.2 Å². The summed E-state index contributed by atoms with van der Waals surface area (Å²) in [4.78, 5) is 27.2. The van der Waals surface area contributed by atoms with Crippen LogP contribution in [0, 0.1) is 13.8 Å². The summed E-state index contributed by atoms with van der Waals surface area (Å²) < 4.78 is 10.4. The van der Waals surface area contributed by atoms with Gasteiger partial charge in [-0.15, -0.1) is 11.3 Å². The number of hydrogen-bond donors (Lipinski definition) is 0. The zero-order valence-corrected chi connectivity index (χ0v) is 13.4. The molecular weight excluding hydrogens is 302 g/mol. The van der Waals surface area contributed by atoms with Crippen molar-refractivity contribution in [3.8, 4) is 0 Å². The highest BCUT2D eigenvalue weighted by Gasteiger charge is 2.23. The lowest BCUT2D eigenvalue weighted by Gasteiger charge is -2.26. The summed E-state index contributed by atoms with van der Waals surface area (Å²) in [5.41, 5.74) is 1.57. The molecule has 0 aromatic carbocycles. The molecule has 1 aliphatic rings. The van der Waals surface area contributed by atoms with Gasteiger partial charge in [-0.25, -0.2) is 4.79 Å². The summed E-state index contributed by atoms with van der Waals surface area (Å²) in [6.45, 7) is 4.50. The SMILES string of the molecule is Cc1cc(C(=O)OCC(=O)N2CCc3sccc3C2)c(C)o1. The van der Waals surface area contributed by atoms with Crippen LogP contribution < -0.4 is 0 Å². The third-order valence-corrected chi connectivity index (χ3v) is 4.77. The highest BCUT2D eigenvalue weighted by atomic mass is 32.1. The van der Waals surface area contributed by atoms with Crippen molar-refractivity contribution in [2.45, 2.75) is 26.8 Å². The summed E-state index contributed by atoms with van der Waals surface area (Å²) in [6, 6.07) is 3.67. The van der Waals surface area contributed by atoms with E-state index in [4.69, 9.17) is 9.15 Å². The Hall–Kier alpha value is -2.08. The predicted octanol–water partition coefficient (Wildman–Crippen LogP) is 2.70. The van der Waals surface area contributed by atoms with Crippen molar-refractivity contribution in [1.82, 2.24) is 4.90 Å². The Morgan fingerprint density at radius 2 is 2.23 bits per heavy atom. The molecule has 22 heavy (non-hydrogen) atoms. The summed E-state index contributed by atoms with van der Waals surface area (Å²) >= 11 is 1.72. The number of nitrogens with zero attached hydrogens (tertiary/aromatic N) is 1. The van der Waals surface area contributed by atoms with E-state index in [1.165, 1.54) is 10.4 Å². The zero-order chi connectivity index (χ0) is 15.7. The largest absolute Gasteiger partial charge is 0.466 e. The molecule has 0 bridgehead atoms. The van der Waals surface area contributed by atoms with E-state index in [0.29, 0.717) is 30.2 Å². The molecule has 0 radical (unpaired) electrons. The van der Waals surface area contributed by atoms with Crippen molar-refractivity contribution < 1.29 is 18.7 Å². The maximum absolute atomic E-state index is 12.2. The first-order valence-corrected chi connectivity index (χ1v) is 7.99. The van der Waals surface area contributed by atoms with Crippen LogP contribution in [0.2, 0.25) is 0 Å². The highest BCUT2D eigenvalue weighted by molar-refractivity contribution is 7.10. The average molecular weight is 319 g/mol. The van der Waals surface area contributed by atoms with E-state index >= 15 is 0 Å². The number of furan rings is 1. The first-order chi connectivity index (χ1) is 10.5. The number of ether oxygens (including phenoxy) is 1. The van der Waals surface area contributed by atoms with E-state index < -0.39 is 5.97 Å². The summed E-state index contributed by atoms with van der Waals surface area (Å²) in [5.74, 6) is 0.478. The number of thiophene rings is 1.